The van der Waals surface area contributed by atoms with Gasteiger partial charge in [-0.25, -0.2) is 5.43 Å². The average molecular weight is 269 g/mol. The molecule has 0 aliphatic carbocycles. The Morgan fingerprint density at radius 2 is 2.05 bits per heavy atom. The lowest BCUT2D eigenvalue weighted by atomic mass is 10.2. The highest BCUT2D eigenvalue weighted by molar-refractivity contribution is 5.83. The van der Waals surface area contributed by atoms with Crippen LogP contribution in [0.4, 0.5) is 5.69 Å². The lowest BCUT2D eigenvalue weighted by Gasteiger charge is -2.17. The van der Waals surface area contributed by atoms with Gasteiger partial charge in [-0.3, -0.25) is 4.79 Å². The van der Waals surface area contributed by atoms with Crippen LogP contribution in [0.25, 0.3) is 0 Å². The first-order valence-corrected chi connectivity index (χ1v) is 6.04. The molecule has 0 heterocycles. The molecule has 6 nitrogen and oxygen atoms in total. The molecule has 1 aromatic rings. The lowest BCUT2D eigenvalue weighted by molar-refractivity contribution is -0.120. The van der Waals surface area contributed by atoms with Gasteiger partial charge in [0.2, 0.25) is 0 Å². The van der Waals surface area contributed by atoms with Gasteiger partial charge >= 0.3 is 0 Å². The number of hydrazone groups is 1. The Morgan fingerprint density at radius 1 is 1.35 bits per heavy atom. The molecule has 0 radical (unpaired) electrons. The molecule has 1 amide bonds. The summed E-state index contributed by atoms with van der Waals surface area (Å²) >= 11 is 0. The molecule has 0 saturated carbocycles. The summed E-state index contributed by atoms with van der Waals surface area (Å²) in [7, 11) is 1.92. The predicted molar refractivity (Wildman–Crippen MR) is 75.9 cm³/mol. The number of rotatable bonds is 6. The second-order valence-electron chi connectivity index (χ2n) is 4.05. The van der Waals surface area contributed by atoms with E-state index in [2.05, 4.69) is 16.6 Å². The third-order valence-electron chi connectivity index (χ3n) is 2.54. The smallest absolute Gasteiger partial charge is 0.254 e. The molecule has 0 atom stereocenters. The van der Waals surface area contributed by atoms with Gasteiger partial charge in [-0.1, -0.05) is 12.1 Å². The zero-order chi connectivity index (χ0) is 14.8. The van der Waals surface area contributed by atoms with E-state index in [0.29, 0.717) is 13.0 Å². The van der Waals surface area contributed by atoms with Gasteiger partial charge in [0.1, 0.15) is 6.42 Å². The van der Waals surface area contributed by atoms with E-state index in [-0.39, 0.29) is 6.42 Å². The van der Waals surface area contributed by atoms with Crippen molar-refractivity contribution in [2.24, 2.45) is 5.10 Å². The fourth-order valence-electron chi connectivity index (χ4n) is 1.45. The van der Waals surface area contributed by atoms with Gasteiger partial charge in [-0.2, -0.15) is 15.6 Å². The van der Waals surface area contributed by atoms with Gasteiger partial charge in [-0.05, 0) is 17.7 Å². The van der Waals surface area contributed by atoms with Crippen molar-refractivity contribution >= 4 is 17.8 Å². The Labute approximate surface area is 117 Å². The van der Waals surface area contributed by atoms with Crippen LogP contribution < -0.4 is 10.3 Å². The molecule has 1 aromatic carbocycles. The van der Waals surface area contributed by atoms with Crippen molar-refractivity contribution in [2.45, 2.75) is 12.8 Å². The molecular weight excluding hydrogens is 254 g/mol. The van der Waals surface area contributed by atoms with Gasteiger partial charge in [0, 0.05) is 19.3 Å². The van der Waals surface area contributed by atoms with Crippen molar-refractivity contribution < 1.29 is 4.79 Å². The molecule has 1 rings (SSSR count). The summed E-state index contributed by atoms with van der Waals surface area (Å²) in [5, 5.41) is 20.6. The summed E-state index contributed by atoms with van der Waals surface area (Å²) in [6.07, 6.45) is 1.78. The maximum Gasteiger partial charge on any atom is 0.254 e. The standard InChI is InChI=1S/C14H15N5O/c1-19(10-2-8-15)13-5-3-12(4-6-13)11-17-18-14(20)7-9-16/h3-6,11H,2,7,10H2,1H3,(H,18,20). The summed E-state index contributed by atoms with van der Waals surface area (Å²) in [4.78, 5) is 13.0. The number of nitrogens with zero attached hydrogens (tertiary/aromatic N) is 4. The van der Waals surface area contributed by atoms with Crippen LogP contribution >= 0.6 is 0 Å². The highest BCUT2D eigenvalue weighted by Crippen LogP contribution is 2.13. The number of hydrogen-bond acceptors (Lipinski definition) is 5. The third kappa shape index (κ3) is 5.19. The molecule has 6 heteroatoms. The Bertz CT molecular complexity index is 550. The van der Waals surface area contributed by atoms with E-state index in [1.54, 1.807) is 6.07 Å². The topological polar surface area (TPSA) is 92.3 Å². The minimum absolute atomic E-state index is 0.208. The monoisotopic (exact) mass is 269 g/mol. The molecule has 0 fully saturated rings. The number of anilines is 1. The number of amides is 1. The Hall–Kier alpha value is -2.86. The molecule has 1 N–H and O–H groups in total. The summed E-state index contributed by atoms with van der Waals surface area (Å²) in [5.74, 6) is -0.434. The number of carbonyl (C=O) groups is 1. The van der Waals surface area contributed by atoms with E-state index in [1.165, 1.54) is 6.21 Å². The maximum atomic E-state index is 11.0. The normalized spacial score (nSPS) is 9.75. The maximum absolute atomic E-state index is 11.0. The number of nitrogens with one attached hydrogen (secondary N) is 1. The summed E-state index contributed by atoms with van der Waals surface area (Å²) in [6, 6.07) is 11.4. The molecule has 0 aliphatic rings. The van der Waals surface area contributed by atoms with E-state index >= 15 is 0 Å². The van der Waals surface area contributed by atoms with Crippen molar-refractivity contribution in [2.75, 3.05) is 18.5 Å². The first-order chi connectivity index (χ1) is 9.67. The molecule has 0 unspecified atom stereocenters. The number of benzene rings is 1. The first kappa shape index (κ1) is 15.2. The third-order valence-corrected chi connectivity index (χ3v) is 2.54. The molecule has 0 spiro atoms. The second-order valence-corrected chi connectivity index (χ2v) is 4.05. The van der Waals surface area contributed by atoms with Crippen LogP contribution in [0.1, 0.15) is 18.4 Å². The summed E-state index contributed by atoms with van der Waals surface area (Å²) in [5.41, 5.74) is 4.10. The van der Waals surface area contributed by atoms with Crippen LogP contribution in [-0.4, -0.2) is 25.7 Å². The van der Waals surface area contributed by atoms with E-state index < -0.39 is 5.91 Å². The minimum Gasteiger partial charge on any atom is -0.374 e. The molecule has 20 heavy (non-hydrogen) atoms. The van der Waals surface area contributed by atoms with E-state index in [1.807, 2.05) is 36.2 Å². The molecule has 0 aliphatic heterocycles. The van der Waals surface area contributed by atoms with Gasteiger partial charge in [0.25, 0.3) is 5.91 Å². The second kappa shape index (κ2) is 8.28. The van der Waals surface area contributed by atoms with Gasteiger partial charge in [0.05, 0.1) is 24.8 Å². The Morgan fingerprint density at radius 3 is 2.65 bits per heavy atom. The lowest BCUT2D eigenvalue weighted by Crippen LogP contribution is -2.18. The molecule has 0 saturated heterocycles. The van der Waals surface area contributed by atoms with Crippen LogP contribution in [0.2, 0.25) is 0 Å². The van der Waals surface area contributed by atoms with Crippen LogP contribution in [-0.2, 0) is 4.79 Å². The SMILES string of the molecule is CN(CCC#N)c1ccc(C=NNC(=O)CC#N)cc1. The average Bonchev–Trinajstić information content (AvgIpc) is 2.46. The zero-order valence-electron chi connectivity index (χ0n) is 11.2. The molecule has 0 aromatic heterocycles. The van der Waals surface area contributed by atoms with Crippen molar-refractivity contribution in [1.82, 2.24) is 5.43 Å². The Kier molecular flexibility index (Phi) is 6.29. The van der Waals surface area contributed by atoms with Crippen molar-refractivity contribution in [1.29, 1.82) is 10.5 Å². The highest BCUT2D eigenvalue weighted by atomic mass is 16.2. The number of nitriles is 2. The van der Waals surface area contributed by atoms with Crippen LogP contribution in [0.5, 0.6) is 0 Å². The van der Waals surface area contributed by atoms with Crippen LogP contribution in [0.15, 0.2) is 29.4 Å². The van der Waals surface area contributed by atoms with Crippen molar-refractivity contribution in [3.63, 3.8) is 0 Å². The van der Waals surface area contributed by atoms with E-state index in [9.17, 15) is 4.79 Å². The molecule has 102 valence electrons. The summed E-state index contributed by atoms with van der Waals surface area (Å²) < 4.78 is 0. The highest BCUT2D eigenvalue weighted by Gasteiger charge is 2.00. The zero-order valence-corrected chi connectivity index (χ0v) is 11.2. The van der Waals surface area contributed by atoms with E-state index in [0.717, 1.165) is 11.3 Å². The van der Waals surface area contributed by atoms with Gasteiger partial charge in [-0.15, -0.1) is 0 Å². The first-order valence-electron chi connectivity index (χ1n) is 6.04. The van der Waals surface area contributed by atoms with Crippen LogP contribution in [0, 0.1) is 22.7 Å². The molecular formula is C14H15N5O. The minimum atomic E-state index is -0.434. The number of hydrogen-bond donors (Lipinski definition) is 1. The predicted octanol–water partition coefficient (Wildman–Crippen LogP) is 1.40. The van der Waals surface area contributed by atoms with Gasteiger partial charge < -0.3 is 4.90 Å². The number of carbonyl (C=O) groups excluding carboxylic acids is 1. The van der Waals surface area contributed by atoms with Crippen LogP contribution in [0.3, 0.4) is 0 Å². The van der Waals surface area contributed by atoms with Crippen molar-refractivity contribution in [3.8, 4) is 12.1 Å². The fraction of sp³-hybridized carbons (Fsp3) is 0.286. The fourth-order valence-corrected chi connectivity index (χ4v) is 1.45. The van der Waals surface area contributed by atoms with Gasteiger partial charge in [0.15, 0.2) is 0 Å². The summed E-state index contributed by atoms with van der Waals surface area (Å²) in [6.45, 7) is 0.675. The quantitative estimate of drug-likeness (QED) is 0.624. The van der Waals surface area contributed by atoms with Crippen molar-refractivity contribution in [3.05, 3.63) is 29.8 Å². The largest absolute Gasteiger partial charge is 0.374 e. The molecule has 0 bridgehead atoms. The Balaban J connectivity index is 2.54. The van der Waals surface area contributed by atoms with E-state index in [4.69, 9.17) is 10.5 Å².